The number of anilines is 1. The third-order valence-electron chi connectivity index (χ3n) is 5.05. The van der Waals surface area contributed by atoms with Crippen molar-refractivity contribution in [2.45, 2.75) is 43.4 Å². The molecule has 0 saturated heterocycles. The minimum absolute atomic E-state index is 0.134. The Labute approximate surface area is 153 Å². The summed E-state index contributed by atoms with van der Waals surface area (Å²) in [4.78, 5) is 24.9. The number of carbonyl (C=O) groups is 1. The van der Waals surface area contributed by atoms with Gasteiger partial charge in [-0.1, -0.05) is 25.3 Å². The summed E-state index contributed by atoms with van der Waals surface area (Å²) in [6.07, 6.45) is 5.21. The van der Waals surface area contributed by atoms with Crippen LogP contribution in [0.2, 0.25) is 0 Å². The fraction of sp³-hybridized carbons (Fsp3) is 0.444. The number of thioether (sulfide) groups is 1. The molecule has 1 fully saturated rings. The van der Waals surface area contributed by atoms with Crippen LogP contribution in [0, 0.1) is 11.6 Å². The fourth-order valence-electron chi connectivity index (χ4n) is 3.80. The molecule has 8 heteroatoms. The van der Waals surface area contributed by atoms with E-state index in [-0.39, 0.29) is 23.3 Å². The van der Waals surface area contributed by atoms with Crippen molar-refractivity contribution in [1.82, 2.24) is 9.78 Å². The molecule has 2 N–H and O–H groups in total. The van der Waals surface area contributed by atoms with Crippen molar-refractivity contribution in [2.24, 2.45) is 0 Å². The zero-order valence-corrected chi connectivity index (χ0v) is 14.9. The Morgan fingerprint density at radius 3 is 2.58 bits per heavy atom. The van der Waals surface area contributed by atoms with E-state index in [1.807, 2.05) is 0 Å². The summed E-state index contributed by atoms with van der Waals surface area (Å²) in [7, 11) is 0. The van der Waals surface area contributed by atoms with Crippen molar-refractivity contribution in [3.63, 3.8) is 0 Å². The van der Waals surface area contributed by atoms with Gasteiger partial charge in [0.2, 0.25) is 5.91 Å². The molecule has 1 aliphatic heterocycles. The highest BCUT2D eigenvalue weighted by molar-refractivity contribution is 8.00. The van der Waals surface area contributed by atoms with Crippen molar-refractivity contribution in [2.75, 3.05) is 11.1 Å². The van der Waals surface area contributed by atoms with E-state index in [2.05, 4.69) is 10.4 Å². The van der Waals surface area contributed by atoms with Gasteiger partial charge >= 0.3 is 0 Å². The maximum Gasteiger partial charge on any atom is 0.270 e. The van der Waals surface area contributed by atoms with Gasteiger partial charge in [0.25, 0.3) is 5.56 Å². The molecule has 4 rings (SSSR count). The van der Waals surface area contributed by atoms with E-state index in [4.69, 9.17) is 0 Å². The summed E-state index contributed by atoms with van der Waals surface area (Å²) in [5, 5.41) is 5.17. The summed E-state index contributed by atoms with van der Waals surface area (Å²) >= 11 is 1.24. The maximum atomic E-state index is 13.7. The number of halogens is 2. The number of nitrogens with one attached hydrogen (secondary N) is 2. The molecule has 1 aromatic carbocycles. The number of nitrogens with zero attached hydrogens (tertiary/aromatic N) is 1. The first-order valence-electron chi connectivity index (χ1n) is 8.75. The average molecular weight is 379 g/mol. The van der Waals surface area contributed by atoms with Crippen LogP contribution in [-0.4, -0.2) is 21.4 Å². The van der Waals surface area contributed by atoms with E-state index in [9.17, 15) is 18.4 Å². The first-order chi connectivity index (χ1) is 12.5. The van der Waals surface area contributed by atoms with Gasteiger partial charge in [-0.25, -0.2) is 8.78 Å². The van der Waals surface area contributed by atoms with Crippen LogP contribution >= 0.6 is 11.8 Å². The third-order valence-corrected chi connectivity index (χ3v) is 6.32. The van der Waals surface area contributed by atoms with Crippen LogP contribution in [0.3, 0.4) is 0 Å². The highest BCUT2D eigenvalue weighted by Crippen LogP contribution is 2.41. The lowest BCUT2D eigenvalue weighted by molar-refractivity contribution is -0.113. The number of hydrogen-bond donors (Lipinski definition) is 2. The first kappa shape index (κ1) is 17.3. The lowest BCUT2D eigenvalue weighted by atomic mass is 9.95. The Morgan fingerprint density at radius 1 is 1.08 bits per heavy atom. The van der Waals surface area contributed by atoms with Gasteiger partial charge in [0.15, 0.2) is 11.6 Å². The highest BCUT2D eigenvalue weighted by Gasteiger charge is 2.32. The Bertz CT molecular complexity index is 902. The van der Waals surface area contributed by atoms with E-state index < -0.39 is 16.9 Å². The molecule has 0 unspecified atom stereocenters. The second kappa shape index (κ2) is 6.90. The fourth-order valence-corrected chi connectivity index (χ4v) is 4.91. The predicted octanol–water partition coefficient (Wildman–Crippen LogP) is 3.73. The zero-order chi connectivity index (χ0) is 18.3. The standard InChI is InChI=1S/C18H19F2N3O2S/c19-12-7-6-10(8-13(12)20)16-15-17(21-14(24)9-26-16)23(22-18(15)25)11-4-2-1-3-5-11/h6-8,11,16H,1-5,9H2,(H,21,24)(H,22,25)/t16-/m0/s1. The summed E-state index contributed by atoms with van der Waals surface area (Å²) in [6.45, 7) is 0. The Hall–Kier alpha value is -2.09. The minimum atomic E-state index is -0.962. The highest BCUT2D eigenvalue weighted by atomic mass is 32.2. The molecular formula is C18H19F2N3O2S. The average Bonchev–Trinajstić information content (AvgIpc) is 2.84. The van der Waals surface area contributed by atoms with Crippen LogP contribution in [0.15, 0.2) is 23.0 Å². The Morgan fingerprint density at radius 2 is 1.85 bits per heavy atom. The molecule has 138 valence electrons. The molecule has 2 heterocycles. The number of rotatable bonds is 2. The summed E-state index contributed by atoms with van der Waals surface area (Å²) in [6, 6.07) is 3.75. The Balaban J connectivity index is 1.82. The van der Waals surface area contributed by atoms with E-state index in [1.165, 1.54) is 24.2 Å². The molecular weight excluding hydrogens is 360 g/mol. The Kier molecular flexibility index (Phi) is 4.60. The van der Waals surface area contributed by atoms with E-state index >= 15 is 0 Å². The summed E-state index contributed by atoms with van der Waals surface area (Å²) < 4.78 is 28.8. The quantitative estimate of drug-likeness (QED) is 0.835. The molecule has 0 spiro atoms. The van der Waals surface area contributed by atoms with Gasteiger partial charge in [0, 0.05) is 0 Å². The van der Waals surface area contributed by atoms with Gasteiger partial charge in [-0.2, -0.15) is 0 Å². The van der Waals surface area contributed by atoms with Gasteiger partial charge < -0.3 is 5.32 Å². The summed E-state index contributed by atoms with van der Waals surface area (Å²) in [5.74, 6) is -1.49. The molecule has 26 heavy (non-hydrogen) atoms. The minimum Gasteiger partial charge on any atom is -0.310 e. The van der Waals surface area contributed by atoms with Crippen LogP contribution in [0.4, 0.5) is 14.6 Å². The number of carbonyl (C=O) groups excluding carboxylic acids is 1. The first-order valence-corrected chi connectivity index (χ1v) is 9.80. The molecule has 0 bridgehead atoms. The van der Waals surface area contributed by atoms with Crippen molar-refractivity contribution in [3.8, 4) is 0 Å². The topological polar surface area (TPSA) is 66.9 Å². The van der Waals surface area contributed by atoms with E-state index in [0.29, 0.717) is 16.9 Å². The zero-order valence-electron chi connectivity index (χ0n) is 14.1. The SMILES string of the molecule is O=C1CS[C@@H](c2ccc(F)c(F)c2)c2c(n(C3CCCCC3)[nH]c2=O)N1. The molecule has 0 radical (unpaired) electrons. The molecule has 1 amide bonds. The number of fused-ring (bicyclic) bond motifs is 1. The van der Waals surface area contributed by atoms with Crippen molar-refractivity contribution >= 4 is 23.5 Å². The smallest absolute Gasteiger partial charge is 0.270 e. The van der Waals surface area contributed by atoms with Crippen molar-refractivity contribution in [3.05, 3.63) is 51.3 Å². The number of amides is 1. The molecule has 1 saturated carbocycles. The maximum absolute atomic E-state index is 13.7. The second-order valence-electron chi connectivity index (χ2n) is 6.78. The second-order valence-corrected chi connectivity index (χ2v) is 7.87. The molecule has 1 aliphatic carbocycles. The van der Waals surface area contributed by atoms with Gasteiger partial charge in [0.1, 0.15) is 5.82 Å². The number of hydrogen-bond acceptors (Lipinski definition) is 3. The number of H-pyrrole nitrogens is 1. The van der Waals surface area contributed by atoms with Gasteiger partial charge in [-0.05, 0) is 30.5 Å². The lowest BCUT2D eigenvalue weighted by Crippen LogP contribution is -2.21. The van der Waals surface area contributed by atoms with Crippen LogP contribution in [0.5, 0.6) is 0 Å². The van der Waals surface area contributed by atoms with Gasteiger partial charge in [-0.3, -0.25) is 19.4 Å². The van der Waals surface area contributed by atoms with Crippen LogP contribution in [0.1, 0.15) is 54.5 Å². The van der Waals surface area contributed by atoms with E-state index in [0.717, 1.165) is 37.8 Å². The third kappa shape index (κ3) is 3.06. The molecule has 1 atom stereocenters. The normalized spacial score (nSPS) is 21.2. The largest absolute Gasteiger partial charge is 0.310 e. The molecule has 2 aromatic rings. The molecule has 2 aliphatic rings. The molecule has 1 aromatic heterocycles. The van der Waals surface area contributed by atoms with Crippen LogP contribution in [0.25, 0.3) is 0 Å². The van der Waals surface area contributed by atoms with Crippen LogP contribution in [-0.2, 0) is 4.79 Å². The lowest BCUT2D eigenvalue weighted by Gasteiger charge is -2.24. The number of aromatic nitrogens is 2. The van der Waals surface area contributed by atoms with Crippen molar-refractivity contribution in [1.29, 1.82) is 0 Å². The summed E-state index contributed by atoms with van der Waals surface area (Å²) in [5.41, 5.74) is 0.575. The van der Waals surface area contributed by atoms with E-state index in [1.54, 1.807) is 4.68 Å². The monoisotopic (exact) mass is 379 g/mol. The number of benzene rings is 1. The van der Waals surface area contributed by atoms with Crippen molar-refractivity contribution < 1.29 is 13.6 Å². The van der Waals surface area contributed by atoms with Crippen LogP contribution < -0.4 is 10.9 Å². The molecule has 5 nitrogen and oxygen atoms in total. The van der Waals surface area contributed by atoms with Gasteiger partial charge in [0.05, 0.1) is 22.6 Å². The van der Waals surface area contributed by atoms with Gasteiger partial charge in [-0.15, -0.1) is 11.8 Å². The predicted molar refractivity (Wildman–Crippen MR) is 96.5 cm³/mol. The number of aromatic amines is 1.